The van der Waals surface area contributed by atoms with E-state index in [4.69, 9.17) is 0 Å². The van der Waals surface area contributed by atoms with E-state index in [9.17, 15) is 16.8 Å². The average molecular weight is 395 g/mol. The van der Waals surface area contributed by atoms with Crippen molar-refractivity contribution in [3.8, 4) is 0 Å². The number of anilines is 1. The predicted molar refractivity (Wildman–Crippen MR) is 102 cm³/mol. The molecule has 0 atom stereocenters. The lowest BCUT2D eigenvalue weighted by Gasteiger charge is -2.28. The zero-order valence-corrected chi connectivity index (χ0v) is 16.2. The monoisotopic (exact) mass is 394 g/mol. The molecule has 0 saturated heterocycles. The van der Waals surface area contributed by atoms with E-state index in [2.05, 4.69) is 4.72 Å². The van der Waals surface area contributed by atoms with Gasteiger partial charge in [0.2, 0.25) is 10.0 Å². The lowest BCUT2D eigenvalue weighted by molar-refractivity contribution is 0.391. The van der Waals surface area contributed by atoms with Crippen LogP contribution in [0.3, 0.4) is 0 Å². The van der Waals surface area contributed by atoms with Gasteiger partial charge in [-0.3, -0.25) is 4.72 Å². The van der Waals surface area contributed by atoms with Crippen molar-refractivity contribution in [1.29, 1.82) is 0 Å². The quantitative estimate of drug-likeness (QED) is 0.816. The summed E-state index contributed by atoms with van der Waals surface area (Å²) < 4.78 is 53.6. The summed E-state index contributed by atoms with van der Waals surface area (Å²) in [6.45, 7) is 2.58. The molecule has 1 N–H and O–H groups in total. The molecule has 0 spiro atoms. The second-order valence-corrected chi connectivity index (χ2v) is 10.1. The van der Waals surface area contributed by atoms with Gasteiger partial charge in [0.25, 0.3) is 10.0 Å². The lowest BCUT2D eigenvalue weighted by Crippen LogP contribution is -2.37. The van der Waals surface area contributed by atoms with E-state index >= 15 is 0 Å². The van der Waals surface area contributed by atoms with E-state index in [1.165, 1.54) is 16.4 Å². The molecule has 26 heavy (non-hydrogen) atoms. The van der Waals surface area contributed by atoms with Crippen molar-refractivity contribution in [3.63, 3.8) is 0 Å². The highest BCUT2D eigenvalue weighted by Crippen LogP contribution is 2.26. The molecule has 1 aliphatic heterocycles. The highest BCUT2D eigenvalue weighted by molar-refractivity contribution is 7.92. The molecule has 1 heterocycles. The maximum atomic E-state index is 12.5. The molecule has 0 amide bonds. The fourth-order valence-corrected chi connectivity index (χ4v) is 5.58. The second-order valence-electron chi connectivity index (χ2n) is 6.30. The van der Waals surface area contributed by atoms with Gasteiger partial charge >= 0.3 is 0 Å². The zero-order chi connectivity index (χ0) is 18.8. The fraction of sp³-hybridized carbons (Fsp3) is 0.333. The van der Waals surface area contributed by atoms with Crippen LogP contribution in [0.25, 0.3) is 0 Å². The first-order valence-corrected chi connectivity index (χ1v) is 11.6. The van der Waals surface area contributed by atoms with E-state index in [1.807, 2.05) is 13.0 Å². The van der Waals surface area contributed by atoms with Crippen LogP contribution in [0.15, 0.2) is 53.4 Å². The van der Waals surface area contributed by atoms with Gasteiger partial charge in [-0.2, -0.15) is 4.31 Å². The fourth-order valence-electron chi connectivity index (χ4n) is 3.03. The van der Waals surface area contributed by atoms with Crippen molar-refractivity contribution >= 4 is 25.7 Å². The summed E-state index contributed by atoms with van der Waals surface area (Å²) in [5.41, 5.74) is 2.32. The van der Waals surface area contributed by atoms with Crippen molar-refractivity contribution in [2.24, 2.45) is 0 Å². The molecule has 140 valence electrons. The van der Waals surface area contributed by atoms with Crippen LogP contribution < -0.4 is 4.72 Å². The third-order valence-corrected chi connectivity index (χ3v) is 7.76. The van der Waals surface area contributed by atoms with Crippen molar-refractivity contribution in [2.45, 2.75) is 31.2 Å². The van der Waals surface area contributed by atoms with E-state index in [-0.39, 0.29) is 17.2 Å². The van der Waals surface area contributed by atoms with Gasteiger partial charge in [-0.25, -0.2) is 16.8 Å². The Morgan fingerprint density at radius 2 is 1.73 bits per heavy atom. The first-order valence-electron chi connectivity index (χ1n) is 8.49. The molecule has 0 fully saturated rings. The minimum absolute atomic E-state index is 0.128. The van der Waals surface area contributed by atoms with Crippen LogP contribution in [0.4, 0.5) is 5.69 Å². The number of sulfonamides is 2. The standard InChI is InChI=1S/C18H22N2O4S2/c1-2-12-25(21,22)20-11-10-15-8-9-17(13-16(15)14-20)19-26(23,24)18-6-4-3-5-7-18/h3-9,13,19H,2,10-12,14H2,1H3. The number of rotatable bonds is 6. The largest absolute Gasteiger partial charge is 0.280 e. The van der Waals surface area contributed by atoms with Crippen molar-refractivity contribution in [3.05, 3.63) is 59.7 Å². The van der Waals surface area contributed by atoms with E-state index in [0.717, 1.165) is 11.1 Å². The molecular formula is C18H22N2O4S2. The maximum absolute atomic E-state index is 12.5. The highest BCUT2D eigenvalue weighted by Gasteiger charge is 2.26. The van der Waals surface area contributed by atoms with Crippen LogP contribution in [-0.2, 0) is 33.0 Å². The SMILES string of the molecule is CCCS(=O)(=O)N1CCc2ccc(NS(=O)(=O)c3ccccc3)cc2C1. The van der Waals surface area contributed by atoms with Gasteiger partial charge in [-0.1, -0.05) is 31.2 Å². The molecular weight excluding hydrogens is 372 g/mol. The number of fused-ring (bicyclic) bond motifs is 1. The van der Waals surface area contributed by atoms with Gasteiger partial charge in [0.1, 0.15) is 0 Å². The first-order chi connectivity index (χ1) is 12.3. The van der Waals surface area contributed by atoms with E-state index in [0.29, 0.717) is 25.1 Å². The number of nitrogens with one attached hydrogen (secondary N) is 1. The second kappa shape index (κ2) is 7.38. The number of hydrogen-bond donors (Lipinski definition) is 1. The van der Waals surface area contributed by atoms with Gasteiger partial charge in [-0.15, -0.1) is 0 Å². The van der Waals surface area contributed by atoms with Crippen LogP contribution in [-0.4, -0.2) is 33.4 Å². The number of nitrogens with zero attached hydrogens (tertiary/aromatic N) is 1. The molecule has 2 aromatic carbocycles. The summed E-state index contributed by atoms with van der Waals surface area (Å²) in [5.74, 6) is 0.128. The normalized spacial score (nSPS) is 15.4. The minimum atomic E-state index is -3.67. The Balaban J connectivity index is 1.83. The molecule has 0 radical (unpaired) electrons. The minimum Gasteiger partial charge on any atom is -0.280 e. The van der Waals surface area contributed by atoms with Gasteiger partial charge in [0.05, 0.1) is 10.6 Å². The Hall–Kier alpha value is -1.90. The summed E-state index contributed by atoms with van der Waals surface area (Å²) in [4.78, 5) is 0.185. The smallest absolute Gasteiger partial charge is 0.261 e. The topological polar surface area (TPSA) is 83.6 Å². The molecule has 0 aliphatic carbocycles. The van der Waals surface area contributed by atoms with E-state index in [1.54, 1.807) is 30.3 Å². The van der Waals surface area contributed by atoms with Gasteiger partial charge < -0.3 is 0 Å². The van der Waals surface area contributed by atoms with E-state index < -0.39 is 20.0 Å². The molecule has 8 heteroatoms. The van der Waals surface area contributed by atoms with Crippen LogP contribution >= 0.6 is 0 Å². The summed E-state index contributed by atoms with van der Waals surface area (Å²) in [7, 11) is -6.94. The molecule has 1 aliphatic rings. The zero-order valence-electron chi connectivity index (χ0n) is 14.6. The molecule has 0 saturated carbocycles. The van der Waals surface area contributed by atoms with Crippen LogP contribution in [0.5, 0.6) is 0 Å². The Morgan fingerprint density at radius 1 is 1.00 bits per heavy atom. The van der Waals surface area contributed by atoms with Crippen molar-refractivity contribution in [1.82, 2.24) is 4.31 Å². The van der Waals surface area contributed by atoms with Crippen LogP contribution in [0.2, 0.25) is 0 Å². The summed E-state index contributed by atoms with van der Waals surface area (Å²) in [6, 6.07) is 13.4. The third kappa shape index (κ3) is 4.08. The van der Waals surface area contributed by atoms with Crippen molar-refractivity contribution in [2.75, 3.05) is 17.0 Å². The Morgan fingerprint density at radius 3 is 2.42 bits per heavy atom. The number of benzene rings is 2. The Kier molecular flexibility index (Phi) is 5.36. The molecule has 6 nitrogen and oxygen atoms in total. The first kappa shape index (κ1) is 18.9. The molecule has 2 aromatic rings. The average Bonchev–Trinajstić information content (AvgIpc) is 2.61. The van der Waals surface area contributed by atoms with Gasteiger partial charge in [0.15, 0.2) is 0 Å². The molecule has 3 rings (SSSR count). The maximum Gasteiger partial charge on any atom is 0.261 e. The van der Waals surface area contributed by atoms with Crippen molar-refractivity contribution < 1.29 is 16.8 Å². The summed E-state index contributed by atoms with van der Waals surface area (Å²) in [6.07, 6.45) is 1.20. The molecule has 0 unspecified atom stereocenters. The van der Waals surface area contributed by atoms with Crippen LogP contribution in [0, 0.1) is 0 Å². The Bertz CT molecular complexity index is 987. The van der Waals surface area contributed by atoms with Gasteiger partial charge in [0, 0.05) is 18.8 Å². The summed E-state index contributed by atoms with van der Waals surface area (Å²) in [5, 5.41) is 0. The van der Waals surface area contributed by atoms with Crippen LogP contribution in [0.1, 0.15) is 24.5 Å². The van der Waals surface area contributed by atoms with Gasteiger partial charge in [-0.05, 0) is 48.2 Å². The lowest BCUT2D eigenvalue weighted by atomic mass is 10.0. The Labute approximate surface area is 155 Å². The predicted octanol–water partition coefficient (Wildman–Crippen LogP) is 2.59. The molecule has 0 bridgehead atoms. The number of hydrogen-bond acceptors (Lipinski definition) is 4. The highest BCUT2D eigenvalue weighted by atomic mass is 32.2. The summed E-state index contributed by atoms with van der Waals surface area (Å²) >= 11 is 0. The molecule has 0 aromatic heterocycles. The third-order valence-electron chi connectivity index (χ3n) is 4.34.